The summed E-state index contributed by atoms with van der Waals surface area (Å²) in [5.74, 6) is 0.644. The maximum atomic E-state index is 13.3. The number of hydrogen-bond donors (Lipinski definition) is 0. The summed E-state index contributed by atoms with van der Waals surface area (Å²) in [6.07, 6.45) is 4.55. The molecule has 1 amide bonds. The number of carbonyl (C=O) groups is 1. The van der Waals surface area contributed by atoms with E-state index in [1.165, 1.54) is 16.9 Å². The van der Waals surface area contributed by atoms with Crippen LogP contribution in [0.25, 0.3) is 10.2 Å². The Kier molecular flexibility index (Phi) is 5.50. The fourth-order valence-electron chi connectivity index (χ4n) is 3.07. The normalized spacial score (nSPS) is 11.1. The summed E-state index contributed by atoms with van der Waals surface area (Å²) in [7, 11) is 0. The maximum Gasteiger partial charge on any atom is 0.260 e. The van der Waals surface area contributed by atoms with Crippen LogP contribution in [-0.2, 0) is 13.0 Å². The van der Waals surface area contributed by atoms with Crippen LogP contribution in [0.5, 0.6) is 0 Å². The van der Waals surface area contributed by atoms with Crippen LogP contribution in [0.4, 0.5) is 5.13 Å². The second-order valence-electron chi connectivity index (χ2n) is 6.31. The highest BCUT2D eigenvalue weighted by Gasteiger charge is 2.23. The van der Waals surface area contributed by atoms with Crippen molar-refractivity contribution < 1.29 is 9.21 Å². The first-order valence-corrected chi connectivity index (χ1v) is 11.1. The van der Waals surface area contributed by atoms with Crippen LogP contribution in [0, 0.1) is 0 Å². The van der Waals surface area contributed by atoms with E-state index in [0.29, 0.717) is 17.2 Å². The first-order chi connectivity index (χ1) is 13.7. The summed E-state index contributed by atoms with van der Waals surface area (Å²) >= 11 is 3.19. The number of thiazole rings is 1. The molecule has 0 spiro atoms. The molecule has 2 aromatic carbocycles. The summed E-state index contributed by atoms with van der Waals surface area (Å²) in [5, 5.41) is 0.686. The monoisotopic (exact) mass is 408 g/mol. The fourth-order valence-corrected chi connectivity index (χ4v) is 4.49. The Hall–Kier alpha value is -2.57. The standard InChI is InChI=1S/C22H20N2O2S2/c1-3-15-6-4-8-19-20(15)23-22(28-19)24(14-17-7-5-13-26-17)21(25)16-9-11-18(27-2)12-10-16/h4-13H,3,14H2,1-2H3. The average molecular weight is 409 g/mol. The van der Waals surface area contributed by atoms with Crippen molar-refractivity contribution in [2.45, 2.75) is 24.8 Å². The highest BCUT2D eigenvalue weighted by atomic mass is 32.2. The second-order valence-corrected chi connectivity index (χ2v) is 8.20. The molecule has 4 aromatic rings. The Labute approximate surface area is 172 Å². The third-order valence-corrected chi connectivity index (χ3v) is 6.37. The van der Waals surface area contributed by atoms with Gasteiger partial charge in [0.15, 0.2) is 5.13 Å². The molecule has 2 aromatic heterocycles. The number of thioether (sulfide) groups is 1. The zero-order valence-corrected chi connectivity index (χ0v) is 17.3. The molecule has 0 unspecified atom stereocenters. The number of hydrogen-bond acceptors (Lipinski definition) is 5. The topological polar surface area (TPSA) is 46.3 Å². The van der Waals surface area contributed by atoms with Crippen LogP contribution in [0.3, 0.4) is 0 Å². The number of aromatic nitrogens is 1. The molecule has 0 aliphatic carbocycles. The van der Waals surface area contributed by atoms with Crippen molar-refractivity contribution in [2.75, 3.05) is 11.2 Å². The number of amides is 1. The van der Waals surface area contributed by atoms with Gasteiger partial charge in [-0.3, -0.25) is 9.69 Å². The van der Waals surface area contributed by atoms with Crippen LogP contribution in [0.2, 0.25) is 0 Å². The van der Waals surface area contributed by atoms with Gasteiger partial charge in [-0.15, -0.1) is 11.8 Å². The number of aryl methyl sites for hydroxylation is 1. The van der Waals surface area contributed by atoms with Crippen molar-refractivity contribution in [1.82, 2.24) is 4.98 Å². The van der Waals surface area contributed by atoms with Crippen LogP contribution >= 0.6 is 23.1 Å². The zero-order valence-electron chi connectivity index (χ0n) is 15.7. The molecule has 0 fully saturated rings. The SMILES string of the molecule is CCc1cccc2sc(N(Cc3ccco3)C(=O)c3ccc(SC)cc3)nc12. The molecular weight excluding hydrogens is 388 g/mol. The van der Waals surface area contributed by atoms with Gasteiger partial charge in [-0.1, -0.05) is 30.4 Å². The second kappa shape index (κ2) is 8.20. The quantitative estimate of drug-likeness (QED) is 0.366. The van der Waals surface area contributed by atoms with Crippen LogP contribution in [0.15, 0.2) is 70.2 Å². The van der Waals surface area contributed by atoms with E-state index < -0.39 is 0 Å². The first kappa shape index (κ1) is 18.8. The highest BCUT2D eigenvalue weighted by molar-refractivity contribution is 7.98. The third kappa shape index (κ3) is 3.70. The highest BCUT2D eigenvalue weighted by Crippen LogP contribution is 2.33. The number of rotatable bonds is 6. The first-order valence-electron chi connectivity index (χ1n) is 9.06. The van der Waals surface area contributed by atoms with E-state index in [-0.39, 0.29) is 5.91 Å². The van der Waals surface area contributed by atoms with E-state index in [2.05, 4.69) is 19.1 Å². The molecule has 0 bridgehead atoms. The smallest absolute Gasteiger partial charge is 0.260 e. The minimum Gasteiger partial charge on any atom is -0.467 e. The van der Waals surface area contributed by atoms with Crippen molar-refractivity contribution in [3.63, 3.8) is 0 Å². The number of carbonyl (C=O) groups excluding carboxylic acids is 1. The molecule has 0 aliphatic heterocycles. The number of anilines is 1. The molecule has 0 aliphatic rings. The lowest BCUT2D eigenvalue weighted by Gasteiger charge is -2.19. The summed E-state index contributed by atoms with van der Waals surface area (Å²) in [4.78, 5) is 21.0. The Bertz CT molecular complexity index is 1090. The Morgan fingerprint density at radius 2 is 1.96 bits per heavy atom. The largest absolute Gasteiger partial charge is 0.467 e. The maximum absolute atomic E-state index is 13.3. The Balaban J connectivity index is 1.75. The lowest BCUT2D eigenvalue weighted by atomic mass is 10.1. The van der Waals surface area contributed by atoms with E-state index in [1.54, 1.807) is 22.9 Å². The number of fused-ring (bicyclic) bond motifs is 1. The Morgan fingerprint density at radius 3 is 2.64 bits per heavy atom. The van der Waals surface area contributed by atoms with E-state index in [9.17, 15) is 4.79 Å². The van der Waals surface area contributed by atoms with Gasteiger partial charge in [-0.05, 0) is 60.7 Å². The lowest BCUT2D eigenvalue weighted by Crippen LogP contribution is -2.30. The number of para-hydroxylation sites is 1. The summed E-state index contributed by atoms with van der Waals surface area (Å²) in [5.41, 5.74) is 2.80. The molecule has 0 atom stereocenters. The van der Waals surface area contributed by atoms with E-state index in [1.807, 2.05) is 48.7 Å². The van der Waals surface area contributed by atoms with Gasteiger partial charge in [0.05, 0.1) is 23.0 Å². The fraction of sp³-hybridized carbons (Fsp3) is 0.182. The van der Waals surface area contributed by atoms with Gasteiger partial charge in [0.25, 0.3) is 5.91 Å². The molecule has 0 saturated heterocycles. The van der Waals surface area contributed by atoms with Gasteiger partial charge in [-0.2, -0.15) is 0 Å². The molecule has 28 heavy (non-hydrogen) atoms. The molecule has 142 valence electrons. The third-order valence-electron chi connectivity index (χ3n) is 4.58. The minimum absolute atomic E-state index is 0.0823. The summed E-state index contributed by atoms with van der Waals surface area (Å²) < 4.78 is 6.59. The van der Waals surface area contributed by atoms with Gasteiger partial charge >= 0.3 is 0 Å². The average Bonchev–Trinajstić information content (AvgIpc) is 3.40. The zero-order chi connectivity index (χ0) is 19.5. The van der Waals surface area contributed by atoms with Gasteiger partial charge in [0.1, 0.15) is 5.76 Å². The number of furan rings is 1. The van der Waals surface area contributed by atoms with Crippen LogP contribution < -0.4 is 4.90 Å². The van der Waals surface area contributed by atoms with Gasteiger partial charge in [0, 0.05) is 10.5 Å². The number of benzene rings is 2. The molecular formula is C22H20N2O2S2. The van der Waals surface area contributed by atoms with Gasteiger partial charge in [0.2, 0.25) is 0 Å². The molecule has 0 N–H and O–H groups in total. The molecule has 0 saturated carbocycles. The molecule has 4 rings (SSSR count). The Morgan fingerprint density at radius 1 is 1.14 bits per heavy atom. The molecule has 4 nitrogen and oxygen atoms in total. The summed E-state index contributed by atoms with van der Waals surface area (Å²) in [6, 6.07) is 17.6. The minimum atomic E-state index is -0.0823. The van der Waals surface area contributed by atoms with Crippen molar-refractivity contribution in [3.05, 3.63) is 77.7 Å². The molecule has 0 radical (unpaired) electrons. The lowest BCUT2D eigenvalue weighted by molar-refractivity contribution is 0.0983. The van der Waals surface area contributed by atoms with Crippen molar-refractivity contribution in [3.8, 4) is 0 Å². The predicted molar refractivity (Wildman–Crippen MR) is 116 cm³/mol. The summed E-state index contributed by atoms with van der Waals surface area (Å²) in [6.45, 7) is 2.46. The van der Waals surface area contributed by atoms with E-state index in [4.69, 9.17) is 9.40 Å². The van der Waals surface area contributed by atoms with E-state index >= 15 is 0 Å². The van der Waals surface area contributed by atoms with Crippen molar-refractivity contribution >= 4 is 44.4 Å². The van der Waals surface area contributed by atoms with Crippen molar-refractivity contribution in [2.24, 2.45) is 0 Å². The predicted octanol–water partition coefficient (Wildman–Crippen LogP) is 6.02. The number of nitrogens with zero attached hydrogens (tertiary/aromatic N) is 2. The van der Waals surface area contributed by atoms with Gasteiger partial charge in [-0.25, -0.2) is 4.98 Å². The van der Waals surface area contributed by atoms with Crippen LogP contribution in [-0.4, -0.2) is 17.1 Å². The molecule has 2 heterocycles. The van der Waals surface area contributed by atoms with E-state index in [0.717, 1.165) is 27.3 Å². The van der Waals surface area contributed by atoms with Crippen LogP contribution in [0.1, 0.15) is 28.6 Å². The van der Waals surface area contributed by atoms with Crippen molar-refractivity contribution in [1.29, 1.82) is 0 Å². The van der Waals surface area contributed by atoms with Gasteiger partial charge < -0.3 is 4.42 Å². The molecule has 6 heteroatoms.